The second-order valence-corrected chi connectivity index (χ2v) is 7.32. The standard InChI is InChI=1S/C17H21ClN4O3S/c18-13-1-2-14-15(11-13)25-17(26)22(14)12-19-3-5-20(6-4-19)16(23)21-7-9-24-10-8-21/h1-2,11H,3-10,12H2. The summed E-state index contributed by atoms with van der Waals surface area (Å²) in [6.07, 6.45) is 0. The number of carbonyl (C=O) groups excluding carboxylic acids is 1. The quantitative estimate of drug-likeness (QED) is 0.730. The Morgan fingerprint density at radius 3 is 2.50 bits per heavy atom. The van der Waals surface area contributed by atoms with E-state index in [4.69, 9.17) is 33.0 Å². The normalized spacial score (nSPS) is 19.3. The van der Waals surface area contributed by atoms with Gasteiger partial charge < -0.3 is 19.0 Å². The van der Waals surface area contributed by atoms with Crippen LogP contribution in [0.25, 0.3) is 11.1 Å². The summed E-state index contributed by atoms with van der Waals surface area (Å²) in [5.74, 6) is 0. The first kappa shape index (κ1) is 17.8. The van der Waals surface area contributed by atoms with E-state index in [1.807, 2.05) is 26.5 Å². The molecule has 3 heterocycles. The first-order valence-corrected chi connectivity index (χ1v) is 9.53. The molecule has 140 valence electrons. The Bertz CT molecular complexity index is 853. The minimum atomic E-state index is 0.118. The van der Waals surface area contributed by atoms with Gasteiger partial charge in [0.15, 0.2) is 5.58 Å². The smallest absolute Gasteiger partial charge is 0.320 e. The fourth-order valence-electron chi connectivity index (χ4n) is 3.41. The highest BCUT2D eigenvalue weighted by Gasteiger charge is 2.26. The van der Waals surface area contributed by atoms with Crippen LogP contribution in [-0.4, -0.2) is 77.8 Å². The fourth-order valence-corrected chi connectivity index (χ4v) is 3.82. The van der Waals surface area contributed by atoms with Crippen LogP contribution < -0.4 is 0 Å². The van der Waals surface area contributed by atoms with Gasteiger partial charge in [-0.25, -0.2) is 4.79 Å². The third kappa shape index (κ3) is 3.59. The predicted molar refractivity (Wildman–Crippen MR) is 101 cm³/mol. The van der Waals surface area contributed by atoms with Crippen molar-refractivity contribution in [3.05, 3.63) is 28.1 Å². The van der Waals surface area contributed by atoms with Crippen molar-refractivity contribution in [2.45, 2.75) is 6.67 Å². The Balaban J connectivity index is 1.39. The largest absolute Gasteiger partial charge is 0.429 e. The lowest BCUT2D eigenvalue weighted by Crippen LogP contribution is -2.54. The highest BCUT2D eigenvalue weighted by molar-refractivity contribution is 7.71. The van der Waals surface area contributed by atoms with E-state index < -0.39 is 0 Å². The number of oxazole rings is 1. The highest BCUT2D eigenvalue weighted by Crippen LogP contribution is 2.22. The van der Waals surface area contributed by atoms with Crippen LogP contribution in [0.3, 0.4) is 0 Å². The number of urea groups is 1. The number of aromatic nitrogens is 1. The molecule has 1 aromatic carbocycles. The molecule has 4 rings (SSSR count). The summed E-state index contributed by atoms with van der Waals surface area (Å²) < 4.78 is 12.9. The molecule has 0 radical (unpaired) electrons. The minimum absolute atomic E-state index is 0.118. The van der Waals surface area contributed by atoms with E-state index in [1.54, 1.807) is 6.07 Å². The summed E-state index contributed by atoms with van der Waals surface area (Å²) in [5.41, 5.74) is 1.63. The minimum Gasteiger partial charge on any atom is -0.429 e. The zero-order valence-electron chi connectivity index (χ0n) is 14.4. The molecule has 0 bridgehead atoms. The SMILES string of the molecule is O=C(N1CCOCC1)N1CCN(Cn2c(=S)oc3cc(Cl)ccc32)CC1. The number of nitrogens with zero attached hydrogens (tertiary/aromatic N) is 4. The number of ether oxygens (including phenoxy) is 1. The van der Waals surface area contributed by atoms with Gasteiger partial charge in [0.2, 0.25) is 0 Å². The van der Waals surface area contributed by atoms with E-state index in [1.165, 1.54) is 0 Å². The van der Waals surface area contributed by atoms with Crippen LogP contribution in [0.4, 0.5) is 4.79 Å². The van der Waals surface area contributed by atoms with Crippen LogP contribution in [0.1, 0.15) is 0 Å². The molecule has 2 aliphatic heterocycles. The van der Waals surface area contributed by atoms with Crippen molar-refractivity contribution in [2.24, 2.45) is 0 Å². The van der Waals surface area contributed by atoms with E-state index >= 15 is 0 Å². The number of morpholine rings is 1. The molecule has 2 fully saturated rings. The molecule has 0 saturated carbocycles. The van der Waals surface area contributed by atoms with Crippen molar-refractivity contribution in [3.63, 3.8) is 0 Å². The van der Waals surface area contributed by atoms with Crippen LogP contribution in [0.15, 0.2) is 22.6 Å². The number of rotatable bonds is 2. The van der Waals surface area contributed by atoms with E-state index in [-0.39, 0.29) is 6.03 Å². The third-order valence-corrected chi connectivity index (χ3v) is 5.43. The number of halogens is 1. The van der Waals surface area contributed by atoms with Crippen molar-refractivity contribution in [1.82, 2.24) is 19.3 Å². The maximum Gasteiger partial charge on any atom is 0.320 e. The van der Waals surface area contributed by atoms with Crippen molar-refractivity contribution in [3.8, 4) is 0 Å². The summed E-state index contributed by atoms with van der Waals surface area (Å²) in [7, 11) is 0. The molecule has 0 N–H and O–H groups in total. The number of carbonyl (C=O) groups is 1. The average molecular weight is 397 g/mol. The molecule has 9 heteroatoms. The van der Waals surface area contributed by atoms with E-state index in [0.717, 1.165) is 18.6 Å². The lowest BCUT2D eigenvalue weighted by atomic mass is 10.3. The van der Waals surface area contributed by atoms with Crippen molar-refractivity contribution in [1.29, 1.82) is 0 Å². The number of benzene rings is 1. The van der Waals surface area contributed by atoms with Gasteiger partial charge in [0.05, 0.1) is 25.4 Å². The van der Waals surface area contributed by atoms with Gasteiger partial charge in [-0.05, 0) is 24.4 Å². The lowest BCUT2D eigenvalue weighted by molar-refractivity contribution is 0.0358. The van der Waals surface area contributed by atoms with Gasteiger partial charge in [-0.1, -0.05) is 11.6 Å². The summed E-state index contributed by atoms with van der Waals surface area (Å²) in [6.45, 7) is 6.29. The Labute approximate surface area is 161 Å². The molecule has 7 nitrogen and oxygen atoms in total. The van der Waals surface area contributed by atoms with E-state index in [9.17, 15) is 4.79 Å². The summed E-state index contributed by atoms with van der Waals surface area (Å²) >= 11 is 11.4. The maximum atomic E-state index is 12.6. The van der Waals surface area contributed by atoms with Crippen LogP contribution >= 0.6 is 23.8 Å². The number of hydrogen-bond donors (Lipinski definition) is 0. The number of hydrogen-bond acceptors (Lipinski definition) is 5. The molecule has 2 amide bonds. The molecular weight excluding hydrogens is 376 g/mol. The molecule has 1 aromatic heterocycles. The maximum absolute atomic E-state index is 12.6. The van der Waals surface area contributed by atoms with Gasteiger partial charge in [-0.15, -0.1) is 0 Å². The van der Waals surface area contributed by atoms with Crippen LogP contribution in [0.5, 0.6) is 0 Å². The first-order valence-electron chi connectivity index (χ1n) is 8.75. The zero-order chi connectivity index (χ0) is 18.1. The molecule has 0 spiro atoms. The number of amides is 2. The number of piperazine rings is 1. The predicted octanol–water partition coefficient (Wildman–Crippen LogP) is 2.64. The molecule has 2 aromatic rings. The van der Waals surface area contributed by atoms with Gasteiger partial charge in [-0.2, -0.15) is 0 Å². The monoisotopic (exact) mass is 396 g/mol. The van der Waals surface area contributed by atoms with Gasteiger partial charge in [0.25, 0.3) is 4.84 Å². The zero-order valence-corrected chi connectivity index (χ0v) is 16.0. The summed E-state index contributed by atoms with van der Waals surface area (Å²) in [4.78, 5) is 19.1. The van der Waals surface area contributed by atoms with Gasteiger partial charge in [0.1, 0.15) is 0 Å². The molecule has 0 aliphatic carbocycles. The summed E-state index contributed by atoms with van der Waals surface area (Å²) in [6, 6.07) is 5.66. The van der Waals surface area contributed by atoms with Crippen molar-refractivity contribution in [2.75, 3.05) is 52.5 Å². The molecule has 2 aliphatic rings. The Morgan fingerprint density at radius 2 is 1.77 bits per heavy atom. The number of fused-ring (bicyclic) bond motifs is 1. The fraction of sp³-hybridized carbons (Fsp3) is 0.529. The lowest BCUT2D eigenvalue weighted by Gasteiger charge is -2.38. The third-order valence-electron chi connectivity index (χ3n) is 4.90. The molecule has 0 atom stereocenters. The first-order chi connectivity index (χ1) is 12.6. The summed E-state index contributed by atoms with van der Waals surface area (Å²) in [5, 5.41) is 0.628. The van der Waals surface area contributed by atoms with Crippen LogP contribution in [-0.2, 0) is 11.4 Å². The Kier molecular flexibility index (Phi) is 5.17. The van der Waals surface area contributed by atoms with E-state index in [2.05, 4.69) is 4.90 Å². The van der Waals surface area contributed by atoms with Gasteiger partial charge >= 0.3 is 6.03 Å². The molecule has 0 unspecified atom stereocenters. The van der Waals surface area contributed by atoms with Crippen LogP contribution in [0.2, 0.25) is 5.02 Å². The highest BCUT2D eigenvalue weighted by atomic mass is 35.5. The van der Waals surface area contributed by atoms with Crippen molar-refractivity contribution < 1.29 is 13.9 Å². The van der Waals surface area contributed by atoms with Crippen LogP contribution in [0, 0.1) is 4.84 Å². The van der Waals surface area contributed by atoms with Gasteiger partial charge in [-0.3, -0.25) is 9.47 Å². The topological polar surface area (TPSA) is 54.1 Å². The average Bonchev–Trinajstić information content (AvgIpc) is 2.97. The Hall–Kier alpha value is -1.61. The Morgan fingerprint density at radius 1 is 1.08 bits per heavy atom. The second-order valence-electron chi connectivity index (χ2n) is 6.54. The molecular formula is C17H21ClN4O3S. The van der Waals surface area contributed by atoms with E-state index in [0.29, 0.717) is 61.5 Å². The molecule has 26 heavy (non-hydrogen) atoms. The van der Waals surface area contributed by atoms with Crippen molar-refractivity contribution >= 4 is 40.9 Å². The second kappa shape index (κ2) is 7.56. The van der Waals surface area contributed by atoms with Gasteiger partial charge in [0, 0.05) is 50.4 Å². The molecule has 2 saturated heterocycles.